The van der Waals surface area contributed by atoms with Crippen LogP contribution in [0.2, 0.25) is 0 Å². The molecule has 0 radical (unpaired) electrons. The van der Waals surface area contributed by atoms with E-state index in [1.54, 1.807) is 12.2 Å². The molecular weight excluding hydrogens is 427 g/mol. The van der Waals surface area contributed by atoms with Crippen LogP contribution in [0.5, 0.6) is 0 Å². The molecule has 0 aliphatic carbocycles. The lowest BCUT2D eigenvalue weighted by molar-refractivity contribution is -0.147. The number of cyclic esters (lactones) is 1. The molecule has 0 spiro atoms. The molecule has 0 fully saturated rings. The molecule has 2 bridgehead atoms. The van der Waals surface area contributed by atoms with E-state index in [1.165, 1.54) is 19.1 Å². The Bertz CT molecular complexity index is 919. The molecule has 1 aliphatic heterocycles. The maximum atomic E-state index is 14.1. The highest BCUT2D eigenvalue weighted by Gasteiger charge is 2.21. The zero-order valence-electron chi connectivity index (χ0n) is 16.8. The lowest BCUT2D eigenvalue weighted by Crippen LogP contribution is -2.39. The van der Waals surface area contributed by atoms with Gasteiger partial charge in [0, 0.05) is 0 Å². The van der Waals surface area contributed by atoms with Gasteiger partial charge in [-0.05, 0) is 37.3 Å². The number of fused-ring (bicyclic) bond motifs is 2. The van der Waals surface area contributed by atoms with E-state index in [9.17, 15) is 23.6 Å². The normalized spacial score (nSPS) is 20.2. The monoisotopic (exact) mass is 450 g/mol. The van der Waals surface area contributed by atoms with Crippen LogP contribution in [0.15, 0.2) is 36.1 Å². The van der Waals surface area contributed by atoms with E-state index in [1.807, 2.05) is 0 Å². The Morgan fingerprint density at radius 2 is 1.97 bits per heavy atom. The third-order valence-electron chi connectivity index (χ3n) is 4.08. The van der Waals surface area contributed by atoms with Crippen molar-refractivity contribution >= 4 is 36.3 Å². The second-order valence-corrected chi connectivity index (χ2v) is 6.87. The van der Waals surface area contributed by atoms with E-state index in [2.05, 4.69) is 33.6 Å². The second-order valence-electron chi connectivity index (χ2n) is 6.42. The van der Waals surface area contributed by atoms with Crippen LogP contribution in [0, 0.1) is 5.82 Å². The van der Waals surface area contributed by atoms with Gasteiger partial charge in [-0.1, -0.05) is 12.2 Å². The zero-order chi connectivity index (χ0) is 22.8. The van der Waals surface area contributed by atoms with Crippen molar-refractivity contribution in [2.45, 2.75) is 32.4 Å². The van der Waals surface area contributed by atoms with Crippen molar-refractivity contribution in [3.63, 3.8) is 0 Å². The largest absolute Gasteiger partial charge is 0.456 e. The smallest absolute Gasteiger partial charge is 0.326 e. The van der Waals surface area contributed by atoms with Crippen molar-refractivity contribution in [1.82, 2.24) is 20.9 Å². The van der Waals surface area contributed by atoms with E-state index < -0.39 is 47.9 Å². The molecule has 0 unspecified atom stereocenters. The molecule has 1 aliphatic rings. The molecule has 11 heteroatoms. The topological polar surface area (TPSA) is 126 Å². The van der Waals surface area contributed by atoms with Crippen LogP contribution in [-0.2, 0) is 25.7 Å². The minimum Gasteiger partial charge on any atom is -0.456 e. The summed E-state index contributed by atoms with van der Waals surface area (Å²) in [5, 5.41) is 7.17. The van der Waals surface area contributed by atoms with Crippen molar-refractivity contribution in [1.29, 1.82) is 0 Å². The number of hydrogen-bond donors (Lipinski definition) is 4. The SMILES string of the molecule is C/C=C1\NC(=O)c2nc(ccc2F)CNC(=O)C[C@@H](/C=C/CCS)OC(=O)CNC1=O. The molecule has 1 aromatic rings. The van der Waals surface area contributed by atoms with Gasteiger partial charge < -0.3 is 20.7 Å². The number of thiol groups is 1. The second kappa shape index (κ2) is 11.8. The molecule has 1 atom stereocenters. The van der Waals surface area contributed by atoms with Crippen LogP contribution in [0.4, 0.5) is 4.39 Å². The molecule has 31 heavy (non-hydrogen) atoms. The summed E-state index contributed by atoms with van der Waals surface area (Å²) in [6, 6.07) is 2.37. The van der Waals surface area contributed by atoms with E-state index in [0.29, 0.717) is 12.2 Å². The predicted molar refractivity (Wildman–Crippen MR) is 112 cm³/mol. The molecule has 3 amide bonds. The van der Waals surface area contributed by atoms with Gasteiger partial charge in [-0.15, -0.1) is 0 Å². The number of nitrogens with zero attached hydrogens (tertiary/aromatic N) is 1. The molecule has 0 aromatic carbocycles. The number of amides is 3. The first-order valence-corrected chi connectivity index (χ1v) is 10.1. The van der Waals surface area contributed by atoms with E-state index in [-0.39, 0.29) is 24.4 Å². The number of hydrogen-bond acceptors (Lipinski definition) is 7. The first-order chi connectivity index (χ1) is 14.8. The molecule has 1 aromatic heterocycles. The number of pyridine rings is 1. The average Bonchev–Trinajstić information content (AvgIpc) is 2.74. The molecular formula is C20H23FN4O5S. The highest BCUT2D eigenvalue weighted by atomic mass is 32.1. The molecule has 166 valence electrons. The quantitative estimate of drug-likeness (QED) is 0.233. The van der Waals surface area contributed by atoms with Gasteiger partial charge in [0.15, 0.2) is 11.5 Å². The number of halogens is 1. The summed E-state index contributed by atoms with van der Waals surface area (Å²) in [6.07, 6.45) is 4.20. The van der Waals surface area contributed by atoms with Crippen LogP contribution in [-0.4, -0.2) is 47.1 Å². The number of ether oxygens (including phenoxy) is 1. The fourth-order valence-electron chi connectivity index (χ4n) is 2.56. The number of rotatable bonds is 3. The van der Waals surface area contributed by atoms with Crippen LogP contribution in [0.1, 0.15) is 35.9 Å². The number of esters is 1. The third-order valence-corrected chi connectivity index (χ3v) is 4.33. The van der Waals surface area contributed by atoms with E-state index >= 15 is 0 Å². The van der Waals surface area contributed by atoms with Crippen LogP contribution < -0.4 is 16.0 Å². The highest BCUT2D eigenvalue weighted by Crippen LogP contribution is 2.09. The number of carbonyl (C=O) groups is 4. The number of carbonyl (C=O) groups excluding carboxylic acids is 4. The number of aromatic nitrogens is 1. The summed E-state index contributed by atoms with van der Waals surface area (Å²) in [5.41, 5.74) is -0.481. The third kappa shape index (κ3) is 7.52. The standard InChI is InChI=1S/C20H23FN4O5S/c1-2-15-19(28)23-11-17(27)30-13(5-3-4-8-31)9-16(26)22-10-12-6-7-14(21)18(24-12)20(29)25-15/h2-3,5-7,13,31H,4,8-11H2,1H3,(H,22,26)(H,23,28)(H,25,29)/b5-3+,15-2-/t13-/m1/s1. The number of allylic oxidation sites excluding steroid dienone is 2. The van der Waals surface area contributed by atoms with Crippen LogP contribution in [0.3, 0.4) is 0 Å². The molecule has 0 saturated carbocycles. The van der Waals surface area contributed by atoms with Crippen molar-refractivity contribution in [3.8, 4) is 0 Å². The molecule has 0 saturated heterocycles. The minimum absolute atomic E-state index is 0.0720. The van der Waals surface area contributed by atoms with Gasteiger partial charge >= 0.3 is 5.97 Å². The lowest BCUT2D eigenvalue weighted by Gasteiger charge is -2.16. The molecule has 3 N–H and O–H groups in total. The van der Waals surface area contributed by atoms with Gasteiger partial charge in [-0.2, -0.15) is 12.6 Å². The van der Waals surface area contributed by atoms with Gasteiger partial charge in [0.1, 0.15) is 18.3 Å². The maximum absolute atomic E-state index is 14.1. The predicted octanol–water partition coefficient (Wildman–Crippen LogP) is 0.778. The molecule has 2 rings (SSSR count). The zero-order valence-corrected chi connectivity index (χ0v) is 17.7. The Hall–Kier alpha value is -3.21. The summed E-state index contributed by atoms with van der Waals surface area (Å²) in [6.45, 7) is 0.925. The first-order valence-electron chi connectivity index (χ1n) is 9.49. The van der Waals surface area contributed by atoms with Crippen molar-refractivity contribution in [2.24, 2.45) is 0 Å². The summed E-state index contributed by atoms with van der Waals surface area (Å²) in [4.78, 5) is 53.0. The van der Waals surface area contributed by atoms with Crippen LogP contribution >= 0.6 is 12.6 Å². The fourth-order valence-corrected chi connectivity index (χ4v) is 2.70. The number of nitrogens with one attached hydrogen (secondary N) is 3. The summed E-state index contributed by atoms with van der Waals surface area (Å²) < 4.78 is 19.4. The van der Waals surface area contributed by atoms with E-state index in [4.69, 9.17) is 4.74 Å². The van der Waals surface area contributed by atoms with Gasteiger partial charge in [0.05, 0.1) is 18.7 Å². The molecule has 9 nitrogen and oxygen atoms in total. The first kappa shape index (κ1) is 24.1. The fraction of sp³-hybridized carbons (Fsp3) is 0.350. The molecule has 2 heterocycles. The maximum Gasteiger partial charge on any atom is 0.326 e. The lowest BCUT2D eigenvalue weighted by atomic mass is 10.2. The van der Waals surface area contributed by atoms with Crippen molar-refractivity contribution in [3.05, 3.63) is 53.3 Å². The average molecular weight is 450 g/mol. The van der Waals surface area contributed by atoms with Gasteiger partial charge in [0.25, 0.3) is 11.8 Å². The van der Waals surface area contributed by atoms with Gasteiger partial charge in [-0.3, -0.25) is 19.2 Å². The Morgan fingerprint density at radius 1 is 1.19 bits per heavy atom. The van der Waals surface area contributed by atoms with Gasteiger partial charge in [0.2, 0.25) is 5.91 Å². The Kier molecular flexibility index (Phi) is 9.19. The van der Waals surface area contributed by atoms with Crippen molar-refractivity contribution in [2.75, 3.05) is 12.3 Å². The Balaban J connectivity index is 2.31. The Morgan fingerprint density at radius 3 is 2.68 bits per heavy atom. The summed E-state index contributed by atoms with van der Waals surface area (Å²) in [7, 11) is 0. The van der Waals surface area contributed by atoms with E-state index in [0.717, 1.165) is 6.07 Å². The highest BCUT2D eigenvalue weighted by molar-refractivity contribution is 7.80. The van der Waals surface area contributed by atoms with Crippen molar-refractivity contribution < 1.29 is 28.3 Å². The van der Waals surface area contributed by atoms with Gasteiger partial charge in [-0.25, -0.2) is 9.37 Å². The Labute approximate surface area is 183 Å². The summed E-state index contributed by atoms with van der Waals surface area (Å²) >= 11 is 4.09. The van der Waals surface area contributed by atoms with Crippen LogP contribution in [0.25, 0.3) is 0 Å². The summed E-state index contributed by atoms with van der Waals surface area (Å²) in [5.74, 6) is -3.24. The minimum atomic E-state index is -0.946.